The van der Waals surface area contributed by atoms with Crippen LogP contribution in [0, 0.1) is 0 Å². The van der Waals surface area contributed by atoms with Gasteiger partial charge in [0, 0.05) is 11.7 Å². The van der Waals surface area contributed by atoms with Gasteiger partial charge in [-0.05, 0) is 57.5 Å². The molecule has 1 aromatic rings. The Kier molecular flexibility index (Phi) is 5.71. The van der Waals surface area contributed by atoms with Crippen LogP contribution in [0.25, 0.3) is 0 Å². The molecular weight excluding hydrogens is 232 g/mol. The van der Waals surface area contributed by atoms with Crippen molar-refractivity contribution in [2.24, 2.45) is 0 Å². The van der Waals surface area contributed by atoms with Crippen molar-refractivity contribution in [3.8, 4) is 0 Å². The molecule has 0 atom stereocenters. The number of hydrogen-bond acceptors (Lipinski definition) is 2. The van der Waals surface area contributed by atoms with Gasteiger partial charge in [0.15, 0.2) is 0 Å². The van der Waals surface area contributed by atoms with Gasteiger partial charge in [-0.15, -0.1) is 0 Å². The van der Waals surface area contributed by atoms with Gasteiger partial charge in [-0.2, -0.15) is 0 Å². The van der Waals surface area contributed by atoms with Crippen LogP contribution in [0.2, 0.25) is 0 Å². The van der Waals surface area contributed by atoms with E-state index in [-0.39, 0.29) is 0 Å². The topological polar surface area (TPSA) is 15.3 Å². The summed E-state index contributed by atoms with van der Waals surface area (Å²) in [4.78, 5) is 2.42. The molecule has 0 radical (unpaired) electrons. The number of aryl methyl sites for hydroxylation is 1. The van der Waals surface area contributed by atoms with Crippen LogP contribution in [0.5, 0.6) is 0 Å². The van der Waals surface area contributed by atoms with Crippen molar-refractivity contribution in [3.63, 3.8) is 0 Å². The fourth-order valence-corrected chi connectivity index (χ4v) is 2.82. The maximum absolute atomic E-state index is 3.77. The van der Waals surface area contributed by atoms with E-state index < -0.39 is 0 Å². The number of unbranched alkanes of at least 4 members (excludes halogenated alkanes) is 2. The van der Waals surface area contributed by atoms with Crippen LogP contribution in [0.4, 0.5) is 5.69 Å². The minimum Gasteiger partial charge on any atom is -0.382 e. The highest BCUT2D eigenvalue weighted by Gasteiger charge is 2.16. The first-order chi connectivity index (χ1) is 9.29. The highest BCUT2D eigenvalue weighted by molar-refractivity contribution is 5.51. The van der Waals surface area contributed by atoms with Crippen LogP contribution < -0.4 is 5.32 Å². The molecule has 106 valence electrons. The molecule has 0 bridgehead atoms. The molecule has 1 aromatic carbocycles. The van der Waals surface area contributed by atoms with E-state index >= 15 is 0 Å². The summed E-state index contributed by atoms with van der Waals surface area (Å²) in [7, 11) is 2.22. The lowest BCUT2D eigenvalue weighted by atomic mass is 10.0. The van der Waals surface area contributed by atoms with E-state index in [1.54, 1.807) is 0 Å². The van der Waals surface area contributed by atoms with Gasteiger partial charge < -0.3 is 10.2 Å². The summed E-state index contributed by atoms with van der Waals surface area (Å²) in [5, 5.41) is 3.77. The number of piperidine rings is 1. The van der Waals surface area contributed by atoms with Crippen LogP contribution in [-0.4, -0.2) is 31.1 Å². The Morgan fingerprint density at radius 2 is 1.89 bits per heavy atom. The third-order valence-electron chi connectivity index (χ3n) is 4.15. The normalized spacial score (nSPS) is 17.6. The van der Waals surface area contributed by atoms with Crippen molar-refractivity contribution in [1.29, 1.82) is 0 Å². The molecular formula is C17H28N2. The molecule has 0 aliphatic carbocycles. The molecule has 2 rings (SSSR count). The maximum atomic E-state index is 3.77. The van der Waals surface area contributed by atoms with E-state index in [1.807, 2.05) is 0 Å². The molecule has 1 heterocycles. The van der Waals surface area contributed by atoms with Crippen LogP contribution in [0.15, 0.2) is 24.3 Å². The number of para-hydroxylation sites is 1. The van der Waals surface area contributed by atoms with Crippen molar-refractivity contribution in [3.05, 3.63) is 29.8 Å². The number of likely N-dealkylation sites (tertiary alicyclic amines) is 1. The number of nitrogens with one attached hydrogen (secondary N) is 1. The Bertz CT molecular complexity index is 367. The molecule has 0 spiro atoms. The Hall–Kier alpha value is -1.02. The smallest absolute Gasteiger partial charge is 0.0374 e. The SMILES string of the molecule is CCCCCc1ccccc1NC1CCN(C)CC1. The quantitative estimate of drug-likeness (QED) is 0.780. The van der Waals surface area contributed by atoms with E-state index in [2.05, 4.69) is 48.5 Å². The average Bonchev–Trinajstić information content (AvgIpc) is 2.43. The van der Waals surface area contributed by atoms with Gasteiger partial charge in [-0.1, -0.05) is 38.0 Å². The second-order valence-electron chi connectivity index (χ2n) is 5.84. The Balaban J connectivity index is 1.91. The molecule has 2 nitrogen and oxygen atoms in total. The molecule has 1 aliphatic rings. The van der Waals surface area contributed by atoms with Gasteiger partial charge in [0.2, 0.25) is 0 Å². The van der Waals surface area contributed by atoms with Crippen LogP contribution in [0.1, 0.15) is 44.6 Å². The van der Waals surface area contributed by atoms with Gasteiger partial charge in [-0.25, -0.2) is 0 Å². The number of benzene rings is 1. The average molecular weight is 260 g/mol. The zero-order valence-electron chi connectivity index (χ0n) is 12.5. The van der Waals surface area contributed by atoms with Crippen molar-refractivity contribution in [2.75, 3.05) is 25.5 Å². The van der Waals surface area contributed by atoms with Crippen molar-refractivity contribution >= 4 is 5.69 Å². The summed E-state index contributed by atoms with van der Waals surface area (Å²) >= 11 is 0. The highest BCUT2D eigenvalue weighted by atomic mass is 15.1. The first-order valence-electron chi connectivity index (χ1n) is 7.82. The second-order valence-corrected chi connectivity index (χ2v) is 5.84. The summed E-state index contributed by atoms with van der Waals surface area (Å²) in [5.74, 6) is 0. The summed E-state index contributed by atoms with van der Waals surface area (Å²) in [6.45, 7) is 4.70. The zero-order valence-corrected chi connectivity index (χ0v) is 12.5. The maximum Gasteiger partial charge on any atom is 0.0374 e. The number of hydrogen-bond donors (Lipinski definition) is 1. The van der Waals surface area contributed by atoms with Crippen molar-refractivity contribution in [1.82, 2.24) is 4.90 Å². The lowest BCUT2D eigenvalue weighted by Gasteiger charge is -2.30. The van der Waals surface area contributed by atoms with Gasteiger partial charge >= 0.3 is 0 Å². The predicted molar refractivity (Wildman–Crippen MR) is 83.8 cm³/mol. The largest absolute Gasteiger partial charge is 0.382 e. The van der Waals surface area contributed by atoms with Crippen LogP contribution in [0.3, 0.4) is 0 Å². The van der Waals surface area contributed by atoms with E-state index in [0.717, 1.165) is 0 Å². The third kappa shape index (κ3) is 4.54. The highest BCUT2D eigenvalue weighted by Crippen LogP contribution is 2.21. The van der Waals surface area contributed by atoms with E-state index in [4.69, 9.17) is 0 Å². The fraction of sp³-hybridized carbons (Fsp3) is 0.647. The van der Waals surface area contributed by atoms with Gasteiger partial charge in [0.1, 0.15) is 0 Å². The lowest BCUT2D eigenvalue weighted by Crippen LogP contribution is -2.36. The summed E-state index contributed by atoms with van der Waals surface area (Å²) in [6, 6.07) is 9.51. The van der Waals surface area contributed by atoms with Gasteiger partial charge in [0.05, 0.1) is 0 Å². The number of rotatable bonds is 6. The monoisotopic (exact) mass is 260 g/mol. The molecule has 19 heavy (non-hydrogen) atoms. The molecule has 1 saturated heterocycles. The van der Waals surface area contributed by atoms with Gasteiger partial charge in [-0.3, -0.25) is 0 Å². The number of nitrogens with zero attached hydrogens (tertiary/aromatic N) is 1. The molecule has 0 aromatic heterocycles. The van der Waals surface area contributed by atoms with Crippen molar-refractivity contribution < 1.29 is 0 Å². The molecule has 0 unspecified atom stereocenters. The fourth-order valence-electron chi connectivity index (χ4n) is 2.82. The van der Waals surface area contributed by atoms with Crippen LogP contribution >= 0.6 is 0 Å². The second kappa shape index (κ2) is 7.54. The van der Waals surface area contributed by atoms with Crippen LogP contribution in [-0.2, 0) is 6.42 Å². The van der Waals surface area contributed by atoms with E-state index in [9.17, 15) is 0 Å². The van der Waals surface area contributed by atoms with Crippen molar-refractivity contribution in [2.45, 2.75) is 51.5 Å². The summed E-state index contributed by atoms with van der Waals surface area (Å²) in [6.07, 6.45) is 7.68. The number of anilines is 1. The molecule has 2 heteroatoms. The minimum atomic E-state index is 0.656. The molecule has 1 N–H and O–H groups in total. The Morgan fingerprint density at radius 3 is 2.63 bits per heavy atom. The molecule has 0 amide bonds. The molecule has 1 fully saturated rings. The minimum absolute atomic E-state index is 0.656. The first kappa shape index (κ1) is 14.4. The predicted octanol–water partition coefficient (Wildman–Crippen LogP) is 3.93. The summed E-state index contributed by atoms with van der Waals surface area (Å²) < 4.78 is 0. The molecule has 1 aliphatic heterocycles. The standard InChI is InChI=1S/C17H28N2/c1-3-4-5-8-15-9-6-7-10-17(15)18-16-11-13-19(2)14-12-16/h6-7,9-10,16,18H,3-5,8,11-14H2,1-2H3. The third-order valence-corrected chi connectivity index (χ3v) is 4.15. The summed E-state index contributed by atoms with van der Waals surface area (Å²) in [5.41, 5.74) is 2.86. The Labute approximate surface area is 118 Å². The lowest BCUT2D eigenvalue weighted by molar-refractivity contribution is 0.264. The zero-order chi connectivity index (χ0) is 13.5. The first-order valence-corrected chi connectivity index (χ1v) is 7.82. The Morgan fingerprint density at radius 1 is 1.16 bits per heavy atom. The van der Waals surface area contributed by atoms with E-state index in [1.165, 1.54) is 62.9 Å². The molecule has 0 saturated carbocycles. The van der Waals surface area contributed by atoms with E-state index in [0.29, 0.717) is 6.04 Å². The van der Waals surface area contributed by atoms with Gasteiger partial charge in [0.25, 0.3) is 0 Å².